The molecule has 0 saturated carbocycles. The van der Waals surface area contributed by atoms with Gasteiger partial charge >= 0.3 is 0 Å². The molecule has 0 aliphatic heterocycles. The van der Waals surface area contributed by atoms with E-state index in [0.717, 1.165) is 43.7 Å². The van der Waals surface area contributed by atoms with E-state index in [1.54, 1.807) is 13.8 Å². The molecule has 1 heterocycles. The van der Waals surface area contributed by atoms with Gasteiger partial charge in [-0.1, -0.05) is 56.7 Å². The normalized spacial score (nSPS) is 11.0. The lowest BCUT2D eigenvalue weighted by molar-refractivity contribution is 0.165. The molecule has 4 heteroatoms. The second-order valence-corrected chi connectivity index (χ2v) is 7.66. The number of rotatable bonds is 12. The fraction of sp³-hybridized carbons (Fsp3) is 0.542. The molecule has 0 aliphatic carbocycles. The van der Waals surface area contributed by atoms with Crippen molar-refractivity contribution in [2.75, 3.05) is 6.61 Å². The molecule has 0 unspecified atom stereocenters. The third-order valence-corrected chi connectivity index (χ3v) is 5.55. The van der Waals surface area contributed by atoms with Gasteiger partial charge in [0.2, 0.25) is 0 Å². The van der Waals surface area contributed by atoms with E-state index >= 15 is 0 Å². The largest absolute Gasteiger partial charge is 0.494 e. The Bertz CT molecular complexity index is 781. The van der Waals surface area contributed by atoms with E-state index in [0.29, 0.717) is 16.8 Å². The molecule has 28 heavy (non-hydrogen) atoms. The number of nitrogens with zero attached hydrogens (tertiary/aromatic N) is 1. The number of hydrogen-bond acceptors (Lipinski definition) is 3. The minimum atomic E-state index is 0.0639. The van der Waals surface area contributed by atoms with Crippen molar-refractivity contribution in [3.63, 3.8) is 0 Å². The Hall–Kier alpha value is -2.23. The Morgan fingerprint density at radius 3 is 2.04 bits per heavy atom. The molecule has 0 bridgehead atoms. The van der Waals surface area contributed by atoms with Gasteiger partial charge in [0, 0.05) is 11.1 Å². The van der Waals surface area contributed by atoms with E-state index in [1.165, 1.54) is 36.8 Å². The van der Waals surface area contributed by atoms with Crippen molar-refractivity contribution >= 4 is 0 Å². The van der Waals surface area contributed by atoms with Crippen molar-refractivity contribution in [3.05, 3.63) is 63.1 Å². The molecule has 4 nitrogen and oxygen atoms in total. The minimum Gasteiger partial charge on any atom is -0.494 e. The van der Waals surface area contributed by atoms with Gasteiger partial charge in [0.25, 0.3) is 0 Å². The van der Waals surface area contributed by atoms with Gasteiger partial charge < -0.3 is 9.94 Å². The number of unbranched alkanes of at least 4 members (excludes halogenated alkanes) is 7. The van der Waals surface area contributed by atoms with Crippen molar-refractivity contribution in [1.29, 1.82) is 0 Å². The highest BCUT2D eigenvalue weighted by molar-refractivity contribution is 5.29. The maximum atomic E-state index is 12.2. The van der Waals surface area contributed by atoms with E-state index in [1.807, 2.05) is 37.3 Å². The van der Waals surface area contributed by atoms with E-state index in [4.69, 9.17) is 4.74 Å². The Balaban J connectivity index is 1.53. The zero-order chi connectivity index (χ0) is 20.4. The molecule has 154 valence electrons. The van der Waals surface area contributed by atoms with Crippen molar-refractivity contribution in [2.45, 2.75) is 78.6 Å². The second kappa shape index (κ2) is 11.6. The summed E-state index contributed by atoms with van der Waals surface area (Å²) in [5.74, 6) is 0.954. The van der Waals surface area contributed by atoms with Gasteiger partial charge in [-0.25, -0.2) is 0 Å². The van der Waals surface area contributed by atoms with Crippen LogP contribution in [0.3, 0.4) is 0 Å². The lowest BCUT2D eigenvalue weighted by atomic mass is 10.0. The monoisotopic (exact) mass is 385 g/mol. The predicted octanol–water partition coefficient (Wildman–Crippen LogP) is 5.75. The maximum absolute atomic E-state index is 12.2. The number of pyridine rings is 1. The molecule has 0 amide bonds. The molecule has 1 N–H and O–H groups in total. The van der Waals surface area contributed by atoms with Gasteiger partial charge in [-0.05, 0) is 52.2 Å². The van der Waals surface area contributed by atoms with Crippen LogP contribution in [0.1, 0.15) is 73.9 Å². The van der Waals surface area contributed by atoms with Crippen LogP contribution < -0.4 is 10.2 Å². The number of para-hydroxylation sites is 1. The van der Waals surface area contributed by atoms with Gasteiger partial charge in [0.15, 0.2) is 5.43 Å². The van der Waals surface area contributed by atoms with Crippen LogP contribution >= 0.6 is 0 Å². The van der Waals surface area contributed by atoms with E-state index in [-0.39, 0.29) is 5.43 Å². The third-order valence-electron chi connectivity index (χ3n) is 5.55. The first-order valence-electron chi connectivity index (χ1n) is 10.6. The molecular formula is C24H35NO3. The molecule has 0 atom stereocenters. The highest BCUT2D eigenvalue weighted by Crippen LogP contribution is 2.15. The number of hydrogen-bond donors (Lipinski definition) is 1. The van der Waals surface area contributed by atoms with Gasteiger partial charge in [0.1, 0.15) is 5.75 Å². The zero-order valence-electron chi connectivity index (χ0n) is 17.7. The molecule has 2 rings (SSSR count). The van der Waals surface area contributed by atoms with Crippen LogP contribution in [0.5, 0.6) is 5.75 Å². The van der Waals surface area contributed by atoms with Gasteiger partial charge in [-0.3, -0.25) is 4.79 Å². The van der Waals surface area contributed by atoms with Crippen molar-refractivity contribution in [1.82, 2.24) is 4.73 Å². The van der Waals surface area contributed by atoms with Gasteiger partial charge in [-0.15, -0.1) is 0 Å². The zero-order valence-corrected chi connectivity index (χ0v) is 17.7. The van der Waals surface area contributed by atoms with Crippen LogP contribution in [0.15, 0.2) is 35.1 Å². The summed E-state index contributed by atoms with van der Waals surface area (Å²) in [5, 5.41) is 10.3. The summed E-state index contributed by atoms with van der Waals surface area (Å²) in [5.41, 5.74) is 2.81. The summed E-state index contributed by atoms with van der Waals surface area (Å²) in [6, 6.07) is 9.98. The molecule has 0 aliphatic rings. The fourth-order valence-corrected chi connectivity index (χ4v) is 3.55. The summed E-state index contributed by atoms with van der Waals surface area (Å²) < 4.78 is 6.92. The summed E-state index contributed by atoms with van der Waals surface area (Å²) in [6.07, 6.45) is 10.2. The molecule has 0 fully saturated rings. The Morgan fingerprint density at radius 2 is 1.39 bits per heavy atom. The maximum Gasteiger partial charge on any atom is 0.188 e. The molecule has 1 aromatic heterocycles. The van der Waals surface area contributed by atoms with Gasteiger partial charge in [-0.2, -0.15) is 4.73 Å². The van der Waals surface area contributed by atoms with Crippen LogP contribution in [-0.4, -0.2) is 16.5 Å². The van der Waals surface area contributed by atoms with Gasteiger partial charge in [0.05, 0.1) is 18.0 Å². The van der Waals surface area contributed by atoms with E-state index < -0.39 is 0 Å². The first-order valence-corrected chi connectivity index (χ1v) is 10.6. The van der Waals surface area contributed by atoms with Crippen LogP contribution in [0.2, 0.25) is 0 Å². The third kappa shape index (κ3) is 6.43. The average Bonchev–Trinajstić information content (AvgIpc) is 2.72. The number of ether oxygens (including phenoxy) is 1. The molecule has 2 aromatic rings. The van der Waals surface area contributed by atoms with Crippen molar-refractivity contribution < 1.29 is 9.94 Å². The molecule has 0 saturated heterocycles. The number of aromatic nitrogens is 1. The average molecular weight is 386 g/mol. The topological polar surface area (TPSA) is 51.5 Å². The molecular weight excluding hydrogens is 350 g/mol. The summed E-state index contributed by atoms with van der Waals surface area (Å²) >= 11 is 0. The predicted molar refractivity (Wildman–Crippen MR) is 115 cm³/mol. The Kier molecular flexibility index (Phi) is 9.12. The minimum absolute atomic E-state index is 0.0639. The van der Waals surface area contributed by atoms with Crippen LogP contribution in [0, 0.1) is 20.8 Å². The van der Waals surface area contributed by atoms with Crippen LogP contribution in [0.4, 0.5) is 0 Å². The highest BCUT2D eigenvalue weighted by Gasteiger charge is 2.13. The fourth-order valence-electron chi connectivity index (χ4n) is 3.55. The smallest absolute Gasteiger partial charge is 0.188 e. The van der Waals surface area contributed by atoms with Crippen LogP contribution in [0.25, 0.3) is 0 Å². The molecule has 0 spiro atoms. The first-order chi connectivity index (χ1) is 13.5. The van der Waals surface area contributed by atoms with Crippen molar-refractivity contribution in [3.8, 4) is 5.75 Å². The van der Waals surface area contributed by atoms with Crippen molar-refractivity contribution in [2.24, 2.45) is 0 Å². The Morgan fingerprint density at radius 1 is 0.821 bits per heavy atom. The summed E-state index contributed by atoms with van der Waals surface area (Å²) in [7, 11) is 0. The highest BCUT2D eigenvalue weighted by atomic mass is 16.5. The summed E-state index contributed by atoms with van der Waals surface area (Å²) in [6.45, 7) is 6.18. The SMILES string of the molecule is Cc1c(C)n(O)c(CCCCCCCCCCOc2ccccc2)c(C)c1=O. The first kappa shape index (κ1) is 22.1. The Labute approximate surface area is 169 Å². The summed E-state index contributed by atoms with van der Waals surface area (Å²) in [4.78, 5) is 12.2. The van der Waals surface area contributed by atoms with E-state index in [2.05, 4.69) is 0 Å². The standard InChI is InChI=1S/C24H35NO3/c1-19-21(3)25(27)23(20(2)24(19)26)17-13-8-6-4-5-7-9-14-18-28-22-15-11-10-12-16-22/h10-12,15-16,27H,4-9,13-14,17-18H2,1-3H3. The second-order valence-electron chi connectivity index (χ2n) is 7.66. The quantitative estimate of drug-likeness (QED) is 0.374. The molecule has 0 radical (unpaired) electrons. The van der Waals surface area contributed by atoms with E-state index in [9.17, 15) is 10.0 Å². The lowest BCUT2D eigenvalue weighted by Crippen LogP contribution is -2.21. The lowest BCUT2D eigenvalue weighted by Gasteiger charge is -2.15. The number of benzene rings is 1. The molecule has 1 aromatic carbocycles. The van der Waals surface area contributed by atoms with Crippen LogP contribution in [-0.2, 0) is 6.42 Å².